The minimum absolute atomic E-state index is 0.203. The summed E-state index contributed by atoms with van der Waals surface area (Å²) in [7, 11) is 1.97. The second-order valence-corrected chi connectivity index (χ2v) is 5.77. The van der Waals surface area contributed by atoms with Crippen LogP contribution in [0.1, 0.15) is 29.2 Å². The normalized spacial score (nSPS) is 12.5. The number of aromatic nitrogens is 1. The van der Waals surface area contributed by atoms with Gasteiger partial charge in [-0.15, -0.1) is 11.3 Å². The Kier molecular flexibility index (Phi) is 4.17. The van der Waals surface area contributed by atoms with E-state index in [2.05, 4.69) is 4.98 Å². The number of nitrogens with two attached hydrogens (primary N) is 1. The lowest BCUT2D eigenvalue weighted by Crippen LogP contribution is -2.20. The fraction of sp³-hybridized carbons (Fsp3) is 0.357. The number of nitrogens with zero attached hydrogens (tertiary/aromatic N) is 2. The molecule has 2 rings (SSSR count). The van der Waals surface area contributed by atoms with Gasteiger partial charge in [-0.05, 0) is 37.6 Å². The monoisotopic (exact) mass is 279 g/mol. The van der Waals surface area contributed by atoms with Crippen molar-refractivity contribution >= 4 is 17.0 Å². The summed E-state index contributed by atoms with van der Waals surface area (Å²) in [6.07, 6.45) is 0. The average Bonchev–Trinajstić information content (AvgIpc) is 2.74. The molecule has 2 aromatic rings. The van der Waals surface area contributed by atoms with E-state index in [1.54, 1.807) is 17.4 Å². The highest BCUT2D eigenvalue weighted by Crippen LogP contribution is 2.26. The molecule has 0 bridgehead atoms. The fourth-order valence-corrected chi connectivity index (χ4v) is 2.65. The number of hydrogen-bond acceptors (Lipinski definition) is 4. The Morgan fingerprint density at radius 2 is 2.21 bits per heavy atom. The van der Waals surface area contributed by atoms with E-state index in [1.807, 2.05) is 31.2 Å². The zero-order valence-corrected chi connectivity index (χ0v) is 12.2. The first-order valence-electron chi connectivity index (χ1n) is 6.14. The predicted molar refractivity (Wildman–Crippen MR) is 78.0 cm³/mol. The molecule has 0 aliphatic heterocycles. The molecule has 0 spiro atoms. The summed E-state index contributed by atoms with van der Waals surface area (Å²) in [4.78, 5) is 6.49. The first-order chi connectivity index (χ1) is 8.97. The molecule has 3 nitrogen and oxygen atoms in total. The van der Waals surface area contributed by atoms with Crippen LogP contribution < -0.4 is 10.6 Å². The molecule has 0 fully saturated rings. The van der Waals surface area contributed by atoms with Crippen LogP contribution in [0.15, 0.2) is 23.6 Å². The molecule has 0 amide bonds. The van der Waals surface area contributed by atoms with Gasteiger partial charge < -0.3 is 10.6 Å². The van der Waals surface area contributed by atoms with E-state index in [0.717, 1.165) is 22.0 Å². The Balaban J connectivity index is 2.25. The molecule has 0 saturated carbocycles. The van der Waals surface area contributed by atoms with Gasteiger partial charge in [0.1, 0.15) is 5.82 Å². The molecule has 0 radical (unpaired) electrons. The van der Waals surface area contributed by atoms with Crippen LogP contribution in [0.25, 0.3) is 0 Å². The van der Waals surface area contributed by atoms with Crippen molar-refractivity contribution in [3.8, 4) is 0 Å². The van der Waals surface area contributed by atoms with Gasteiger partial charge in [0.15, 0.2) is 0 Å². The summed E-state index contributed by atoms with van der Waals surface area (Å²) in [5.41, 5.74) is 8.69. The van der Waals surface area contributed by atoms with Crippen LogP contribution in [0, 0.1) is 12.7 Å². The number of aryl methyl sites for hydroxylation is 1. The van der Waals surface area contributed by atoms with Crippen molar-refractivity contribution in [1.29, 1.82) is 0 Å². The van der Waals surface area contributed by atoms with Crippen molar-refractivity contribution in [3.63, 3.8) is 0 Å². The van der Waals surface area contributed by atoms with Crippen LogP contribution in [-0.4, -0.2) is 12.0 Å². The van der Waals surface area contributed by atoms with Crippen LogP contribution in [0.4, 0.5) is 10.1 Å². The maximum absolute atomic E-state index is 13.3. The summed E-state index contributed by atoms with van der Waals surface area (Å²) in [5.74, 6) is -0.256. The second kappa shape index (κ2) is 5.67. The third-order valence-electron chi connectivity index (χ3n) is 2.96. The van der Waals surface area contributed by atoms with E-state index in [4.69, 9.17) is 5.73 Å². The van der Waals surface area contributed by atoms with E-state index in [1.165, 1.54) is 12.1 Å². The first kappa shape index (κ1) is 14.0. The fourth-order valence-electron chi connectivity index (χ4n) is 2.05. The quantitative estimate of drug-likeness (QED) is 0.934. The number of anilines is 1. The summed E-state index contributed by atoms with van der Waals surface area (Å²) >= 11 is 1.63. The average molecular weight is 279 g/mol. The van der Waals surface area contributed by atoms with Crippen LogP contribution in [-0.2, 0) is 6.54 Å². The van der Waals surface area contributed by atoms with Crippen molar-refractivity contribution in [2.75, 3.05) is 11.9 Å². The number of hydrogen-bond donors (Lipinski definition) is 1. The highest BCUT2D eigenvalue weighted by atomic mass is 32.1. The predicted octanol–water partition coefficient (Wildman–Crippen LogP) is 3.25. The Morgan fingerprint density at radius 3 is 2.79 bits per heavy atom. The van der Waals surface area contributed by atoms with Crippen molar-refractivity contribution in [2.24, 2.45) is 5.73 Å². The van der Waals surface area contributed by atoms with E-state index in [9.17, 15) is 4.39 Å². The molecular formula is C14H18FN3S. The third-order valence-corrected chi connectivity index (χ3v) is 3.78. The molecule has 1 aromatic heterocycles. The summed E-state index contributed by atoms with van der Waals surface area (Å²) in [6, 6.07) is 4.53. The molecule has 1 aromatic carbocycles. The van der Waals surface area contributed by atoms with Gasteiger partial charge in [0.2, 0.25) is 0 Å². The summed E-state index contributed by atoms with van der Waals surface area (Å²) in [5, 5.41) is 3.09. The minimum atomic E-state index is -0.256. The van der Waals surface area contributed by atoms with Gasteiger partial charge in [-0.1, -0.05) is 0 Å². The number of rotatable bonds is 4. The zero-order chi connectivity index (χ0) is 14.0. The lowest BCUT2D eigenvalue weighted by molar-refractivity contribution is 0.621. The zero-order valence-electron chi connectivity index (χ0n) is 11.4. The van der Waals surface area contributed by atoms with Crippen molar-refractivity contribution in [2.45, 2.75) is 26.4 Å². The van der Waals surface area contributed by atoms with Gasteiger partial charge in [0.05, 0.1) is 17.2 Å². The van der Waals surface area contributed by atoms with Gasteiger partial charge in [-0.25, -0.2) is 9.37 Å². The van der Waals surface area contributed by atoms with Gasteiger partial charge >= 0.3 is 0 Å². The van der Waals surface area contributed by atoms with Crippen LogP contribution in [0.3, 0.4) is 0 Å². The number of thiazole rings is 1. The largest absolute Gasteiger partial charge is 0.368 e. The van der Waals surface area contributed by atoms with E-state index < -0.39 is 0 Å². The lowest BCUT2D eigenvalue weighted by atomic mass is 10.1. The molecule has 0 aliphatic rings. The molecular weight excluding hydrogens is 261 g/mol. The highest BCUT2D eigenvalue weighted by molar-refractivity contribution is 7.09. The second-order valence-electron chi connectivity index (χ2n) is 4.71. The van der Waals surface area contributed by atoms with Gasteiger partial charge in [-0.2, -0.15) is 0 Å². The maximum Gasteiger partial charge on any atom is 0.123 e. The van der Waals surface area contributed by atoms with E-state index in [-0.39, 0.29) is 11.9 Å². The molecule has 0 aliphatic carbocycles. The highest BCUT2D eigenvalue weighted by Gasteiger charge is 2.13. The molecule has 5 heteroatoms. The minimum Gasteiger partial charge on any atom is -0.368 e. The molecule has 1 atom stereocenters. The van der Waals surface area contributed by atoms with E-state index in [0.29, 0.717) is 6.54 Å². The van der Waals surface area contributed by atoms with Gasteiger partial charge in [0.25, 0.3) is 0 Å². The van der Waals surface area contributed by atoms with Crippen LogP contribution >= 0.6 is 11.3 Å². The topological polar surface area (TPSA) is 42.2 Å². The molecule has 0 saturated heterocycles. The molecule has 102 valence electrons. The molecule has 2 N–H and O–H groups in total. The summed E-state index contributed by atoms with van der Waals surface area (Å²) < 4.78 is 13.3. The Hall–Kier alpha value is -1.46. The summed E-state index contributed by atoms with van der Waals surface area (Å²) in [6.45, 7) is 4.54. The van der Waals surface area contributed by atoms with Gasteiger partial charge in [-0.3, -0.25) is 0 Å². The number of halogens is 1. The van der Waals surface area contributed by atoms with Crippen molar-refractivity contribution in [3.05, 3.63) is 45.7 Å². The van der Waals surface area contributed by atoms with Crippen molar-refractivity contribution in [1.82, 2.24) is 4.98 Å². The number of benzene rings is 1. The standard InChI is InChI=1S/C14H18FN3S/c1-9(16)13-6-11(15)4-5-14(13)18(3)7-12-8-19-10(2)17-12/h4-6,8-9H,7,16H2,1-3H3/t9-/m0/s1. The Morgan fingerprint density at radius 1 is 1.47 bits per heavy atom. The Bertz CT molecular complexity index is 566. The van der Waals surface area contributed by atoms with E-state index >= 15 is 0 Å². The van der Waals surface area contributed by atoms with Crippen LogP contribution in [0.2, 0.25) is 0 Å². The first-order valence-corrected chi connectivity index (χ1v) is 7.02. The van der Waals surface area contributed by atoms with Crippen LogP contribution in [0.5, 0.6) is 0 Å². The smallest absolute Gasteiger partial charge is 0.123 e. The van der Waals surface area contributed by atoms with Crippen molar-refractivity contribution < 1.29 is 4.39 Å². The molecule has 1 heterocycles. The third kappa shape index (κ3) is 3.30. The lowest BCUT2D eigenvalue weighted by Gasteiger charge is -2.23. The molecule has 19 heavy (non-hydrogen) atoms. The maximum atomic E-state index is 13.3. The molecule has 0 unspecified atom stereocenters. The SMILES string of the molecule is Cc1nc(CN(C)c2ccc(F)cc2[C@H](C)N)cs1. The van der Waals surface area contributed by atoms with Gasteiger partial charge in [0, 0.05) is 24.2 Å². The Labute approximate surface area is 116 Å².